The van der Waals surface area contributed by atoms with Crippen LogP contribution in [0.4, 0.5) is 4.79 Å². The Morgan fingerprint density at radius 2 is 1.76 bits per heavy atom. The van der Waals surface area contributed by atoms with Crippen molar-refractivity contribution in [2.45, 2.75) is 52.9 Å². The molecule has 1 rings (SSSR count). The van der Waals surface area contributed by atoms with E-state index in [1.165, 1.54) is 5.56 Å². The van der Waals surface area contributed by atoms with Crippen molar-refractivity contribution in [1.82, 2.24) is 9.80 Å². The highest BCUT2D eigenvalue weighted by Gasteiger charge is 2.20. The van der Waals surface area contributed by atoms with E-state index in [1.54, 1.807) is 4.90 Å². The number of carbonyl (C=O) groups is 1. The summed E-state index contributed by atoms with van der Waals surface area (Å²) in [6.45, 7) is 11.2. The van der Waals surface area contributed by atoms with Crippen LogP contribution in [0.15, 0.2) is 24.3 Å². The van der Waals surface area contributed by atoms with Gasteiger partial charge in [-0.2, -0.15) is 0 Å². The van der Waals surface area contributed by atoms with Crippen molar-refractivity contribution >= 4 is 6.09 Å². The second-order valence-electron chi connectivity index (χ2n) is 7.18. The van der Waals surface area contributed by atoms with E-state index in [9.17, 15) is 4.79 Å². The summed E-state index contributed by atoms with van der Waals surface area (Å²) in [4.78, 5) is 16.4. The summed E-state index contributed by atoms with van der Waals surface area (Å²) in [7, 11) is 4.22. The van der Waals surface area contributed by atoms with E-state index < -0.39 is 0 Å². The van der Waals surface area contributed by atoms with Gasteiger partial charge < -0.3 is 14.5 Å². The number of hydrogen-bond acceptors (Lipinski definition) is 3. The number of amides is 1. The number of ether oxygens (including phenoxy) is 1. The summed E-state index contributed by atoms with van der Waals surface area (Å²) < 4.78 is 5.65. The topological polar surface area (TPSA) is 32.8 Å². The molecular formula is C21H36N2O2. The van der Waals surface area contributed by atoms with Gasteiger partial charge in [0.25, 0.3) is 0 Å². The molecule has 142 valence electrons. The minimum absolute atomic E-state index is 0.241. The fraction of sp³-hybridized carbons (Fsp3) is 0.667. The Balaban J connectivity index is 2.86. The van der Waals surface area contributed by atoms with Crippen molar-refractivity contribution in [3.8, 4) is 5.75 Å². The third-order valence-electron chi connectivity index (χ3n) is 4.52. The fourth-order valence-electron chi connectivity index (χ4n) is 3.48. The summed E-state index contributed by atoms with van der Waals surface area (Å²) in [5.74, 6) is 1.65. The quantitative estimate of drug-likeness (QED) is 0.596. The Hall–Kier alpha value is -1.55. The molecule has 0 saturated heterocycles. The van der Waals surface area contributed by atoms with Gasteiger partial charge in [0.15, 0.2) is 0 Å². The lowest BCUT2D eigenvalue weighted by Crippen LogP contribution is -2.34. The second-order valence-corrected chi connectivity index (χ2v) is 7.18. The number of hydrogen-bond donors (Lipinski definition) is 0. The summed E-state index contributed by atoms with van der Waals surface area (Å²) >= 11 is 0. The lowest BCUT2D eigenvalue weighted by molar-refractivity contribution is 0.152. The molecule has 4 heteroatoms. The maximum Gasteiger partial charge on any atom is 0.415 e. The van der Waals surface area contributed by atoms with E-state index >= 15 is 0 Å². The van der Waals surface area contributed by atoms with Crippen LogP contribution in [0.5, 0.6) is 5.75 Å². The molecule has 0 aromatic heterocycles. The van der Waals surface area contributed by atoms with Gasteiger partial charge in [-0.3, -0.25) is 0 Å². The fourth-order valence-corrected chi connectivity index (χ4v) is 3.48. The number of rotatable bonds is 10. The zero-order valence-electron chi connectivity index (χ0n) is 16.9. The predicted molar refractivity (Wildman–Crippen MR) is 105 cm³/mol. The first-order chi connectivity index (χ1) is 11.9. The first-order valence-corrected chi connectivity index (χ1v) is 9.64. The summed E-state index contributed by atoms with van der Waals surface area (Å²) in [6, 6.07) is 8.05. The minimum atomic E-state index is -0.241. The van der Waals surface area contributed by atoms with Crippen molar-refractivity contribution in [2.75, 3.05) is 33.7 Å². The van der Waals surface area contributed by atoms with Gasteiger partial charge in [0.2, 0.25) is 0 Å². The van der Waals surface area contributed by atoms with Crippen LogP contribution in [0.3, 0.4) is 0 Å². The van der Waals surface area contributed by atoms with Crippen molar-refractivity contribution in [3.05, 3.63) is 29.8 Å². The molecule has 1 aromatic rings. The average molecular weight is 349 g/mol. The van der Waals surface area contributed by atoms with Crippen LogP contribution < -0.4 is 4.74 Å². The van der Waals surface area contributed by atoms with Gasteiger partial charge >= 0.3 is 6.09 Å². The largest absolute Gasteiger partial charge is 0.415 e. The van der Waals surface area contributed by atoms with Gasteiger partial charge in [-0.1, -0.05) is 39.8 Å². The van der Waals surface area contributed by atoms with Gasteiger partial charge in [0, 0.05) is 19.6 Å². The summed E-state index contributed by atoms with van der Waals surface area (Å²) in [5, 5.41) is 0. The van der Waals surface area contributed by atoms with Crippen molar-refractivity contribution < 1.29 is 9.53 Å². The third-order valence-corrected chi connectivity index (χ3v) is 4.52. The molecule has 0 aliphatic heterocycles. The Bertz CT molecular complexity index is 510. The molecule has 0 aliphatic rings. The smallest absolute Gasteiger partial charge is 0.410 e. The van der Waals surface area contributed by atoms with Gasteiger partial charge in [0.1, 0.15) is 5.75 Å². The molecule has 0 heterocycles. The molecule has 1 aromatic carbocycles. The average Bonchev–Trinajstić information content (AvgIpc) is 2.55. The molecule has 0 radical (unpaired) electrons. The van der Waals surface area contributed by atoms with Crippen LogP contribution in [-0.4, -0.2) is 49.6 Å². The van der Waals surface area contributed by atoms with E-state index in [-0.39, 0.29) is 6.09 Å². The van der Waals surface area contributed by atoms with Crippen LogP contribution in [0.25, 0.3) is 0 Å². The highest BCUT2D eigenvalue weighted by molar-refractivity contribution is 5.70. The molecule has 0 spiro atoms. The Morgan fingerprint density at radius 1 is 1.12 bits per heavy atom. The molecule has 2 atom stereocenters. The second kappa shape index (κ2) is 11.1. The van der Waals surface area contributed by atoms with E-state index in [2.05, 4.69) is 52.8 Å². The Kier molecular flexibility index (Phi) is 9.58. The SMILES string of the molecule is CCCN(CCC)C(=O)Oc1cccc([C@H](CC)[C@@H](C)CN(C)C)c1. The maximum absolute atomic E-state index is 12.4. The molecule has 4 nitrogen and oxygen atoms in total. The van der Waals surface area contributed by atoms with E-state index in [0.717, 1.165) is 38.9 Å². The lowest BCUT2D eigenvalue weighted by atomic mass is 9.85. The molecule has 0 fully saturated rings. The molecule has 0 bridgehead atoms. The van der Waals surface area contributed by atoms with Crippen molar-refractivity contribution in [1.29, 1.82) is 0 Å². The number of benzene rings is 1. The van der Waals surface area contributed by atoms with Crippen LogP contribution in [-0.2, 0) is 0 Å². The van der Waals surface area contributed by atoms with Crippen molar-refractivity contribution in [2.24, 2.45) is 5.92 Å². The van der Waals surface area contributed by atoms with Gasteiger partial charge in [-0.15, -0.1) is 0 Å². The normalized spacial score (nSPS) is 13.6. The van der Waals surface area contributed by atoms with E-state index in [0.29, 0.717) is 17.6 Å². The summed E-state index contributed by atoms with van der Waals surface area (Å²) in [6.07, 6.45) is 2.71. The van der Waals surface area contributed by atoms with Gasteiger partial charge in [0.05, 0.1) is 0 Å². The van der Waals surface area contributed by atoms with Gasteiger partial charge in [-0.05, 0) is 62.9 Å². The zero-order valence-corrected chi connectivity index (χ0v) is 16.9. The highest BCUT2D eigenvalue weighted by Crippen LogP contribution is 2.30. The Morgan fingerprint density at radius 3 is 2.28 bits per heavy atom. The number of nitrogens with zero attached hydrogens (tertiary/aromatic N) is 2. The van der Waals surface area contributed by atoms with Crippen LogP contribution in [0, 0.1) is 5.92 Å². The van der Waals surface area contributed by atoms with Crippen LogP contribution >= 0.6 is 0 Å². The lowest BCUT2D eigenvalue weighted by Gasteiger charge is -2.26. The first kappa shape index (κ1) is 21.5. The van der Waals surface area contributed by atoms with Crippen molar-refractivity contribution in [3.63, 3.8) is 0 Å². The molecule has 0 unspecified atom stereocenters. The first-order valence-electron chi connectivity index (χ1n) is 9.64. The van der Waals surface area contributed by atoms with E-state index in [1.807, 2.05) is 18.2 Å². The monoisotopic (exact) mass is 348 g/mol. The molecule has 0 N–H and O–H groups in total. The number of carbonyl (C=O) groups excluding carboxylic acids is 1. The zero-order chi connectivity index (χ0) is 18.8. The molecule has 0 aliphatic carbocycles. The van der Waals surface area contributed by atoms with Crippen LogP contribution in [0.1, 0.15) is 58.4 Å². The Labute approximate surface area is 154 Å². The molecule has 25 heavy (non-hydrogen) atoms. The maximum atomic E-state index is 12.4. The van der Waals surface area contributed by atoms with Crippen LogP contribution in [0.2, 0.25) is 0 Å². The minimum Gasteiger partial charge on any atom is -0.410 e. The van der Waals surface area contributed by atoms with Gasteiger partial charge in [-0.25, -0.2) is 4.79 Å². The highest BCUT2D eigenvalue weighted by atomic mass is 16.6. The summed E-state index contributed by atoms with van der Waals surface area (Å²) in [5.41, 5.74) is 1.25. The van der Waals surface area contributed by atoms with E-state index in [4.69, 9.17) is 4.74 Å². The molecule has 1 amide bonds. The standard InChI is InChI=1S/C21H36N2O2/c1-7-13-23(14-8-2)21(24)25-19-12-10-11-18(15-19)20(9-3)17(4)16-22(5)6/h10-12,15,17,20H,7-9,13-14,16H2,1-6H3/t17-,20+/m0/s1. The third kappa shape index (κ3) is 7.07. The molecule has 0 saturated carbocycles. The molecular weight excluding hydrogens is 312 g/mol. The predicted octanol–water partition coefficient (Wildman–Crippen LogP) is 5.00.